The minimum Gasteiger partial charge on any atom is -0.748 e. The Morgan fingerprint density at radius 2 is 1.80 bits per heavy atom. The third kappa shape index (κ3) is 5.05. The lowest BCUT2D eigenvalue weighted by Crippen LogP contribution is -2.62. The minimum absolute atomic E-state index is 0.0464. The van der Waals surface area contributed by atoms with Crippen molar-refractivity contribution in [1.82, 2.24) is 5.32 Å². The van der Waals surface area contributed by atoms with Crippen LogP contribution in [0.1, 0.15) is 78.6 Å². The van der Waals surface area contributed by atoms with Crippen LogP contribution in [0.4, 0.5) is 0 Å². The molecule has 0 bridgehead atoms. The van der Waals surface area contributed by atoms with Crippen LogP contribution in [-0.2, 0) is 14.9 Å². The summed E-state index contributed by atoms with van der Waals surface area (Å²) in [6.07, 6.45) is 5.58. The average molecular weight is 515 g/mol. The van der Waals surface area contributed by atoms with Gasteiger partial charge in [0.05, 0.1) is 34.2 Å². The number of amides is 1. The van der Waals surface area contributed by atoms with Crippen molar-refractivity contribution in [3.63, 3.8) is 0 Å². The molecule has 0 radical (unpaired) electrons. The van der Waals surface area contributed by atoms with Crippen molar-refractivity contribution < 1.29 is 33.1 Å². The van der Waals surface area contributed by atoms with E-state index in [2.05, 4.69) is 26.1 Å². The van der Waals surface area contributed by atoms with E-state index < -0.39 is 28.1 Å². The molecule has 8 nitrogen and oxygen atoms in total. The lowest BCUT2D eigenvalue weighted by molar-refractivity contribution is -0.207. The number of fused-ring (bicyclic) bond motifs is 5. The van der Waals surface area contributed by atoms with Crippen LogP contribution in [0.25, 0.3) is 0 Å². The van der Waals surface area contributed by atoms with Crippen molar-refractivity contribution in [2.45, 2.75) is 96.9 Å². The first-order chi connectivity index (χ1) is 16.3. The molecule has 35 heavy (non-hydrogen) atoms. The van der Waals surface area contributed by atoms with Gasteiger partial charge < -0.3 is 25.2 Å². The highest BCUT2D eigenvalue weighted by atomic mass is 32.2. The number of aliphatic hydroxyl groups excluding tert-OH is 3. The topological polar surface area (TPSA) is 147 Å². The summed E-state index contributed by atoms with van der Waals surface area (Å²) in [5.41, 5.74) is -0.267. The predicted molar refractivity (Wildman–Crippen MR) is 130 cm³/mol. The van der Waals surface area contributed by atoms with Crippen LogP contribution in [0, 0.1) is 46.3 Å². The molecular formula is C26H44NO7S-. The maximum atomic E-state index is 12.2. The van der Waals surface area contributed by atoms with Gasteiger partial charge in [-0.3, -0.25) is 4.79 Å². The summed E-state index contributed by atoms with van der Waals surface area (Å²) in [6.45, 7) is 6.48. The molecule has 0 saturated heterocycles. The molecule has 0 aromatic rings. The van der Waals surface area contributed by atoms with Crippen LogP contribution >= 0.6 is 0 Å². The second kappa shape index (κ2) is 9.86. The van der Waals surface area contributed by atoms with Gasteiger partial charge in [0, 0.05) is 13.0 Å². The van der Waals surface area contributed by atoms with E-state index in [1.165, 1.54) is 0 Å². The molecule has 0 spiro atoms. The van der Waals surface area contributed by atoms with Crippen LogP contribution < -0.4 is 5.32 Å². The zero-order chi connectivity index (χ0) is 25.8. The quantitative estimate of drug-likeness (QED) is 0.380. The first kappa shape index (κ1) is 27.3. The third-order valence-corrected chi connectivity index (χ3v) is 11.7. The van der Waals surface area contributed by atoms with Gasteiger partial charge >= 0.3 is 0 Å². The number of nitrogens with one attached hydrogen (secondary N) is 1. The van der Waals surface area contributed by atoms with Crippen LogP contribution in [-0.4, -0.2) is 64.8 Å². The summed E-state index contributed by atoms with van der Waals surface area (Å²) in [4.78, 5) is 12.2. The van der Waals surface area contributed by atoms with E-state index in [1.807, 2.05) is 0 Å². The van der Waals surface area contributed by atoms with Gasteiger partial charge in [0.15, 0.2) is 0 Å². The number of carbonyl (C=O) groups is 1. The van der Waals surface area contributed by atoms with E-state index in [9.17, 15) is 33.1 Å². The Kier molecular flexibility index (Phi) is 7.69. The average Bonchev–Trinajstić information content (AvgIpc) is 3.12. The highest BCUT2D eigenvalue weighted by Crippen LogP contribution is 2.68. The van der Waals surface area contributed by atoms with Gasteiger partial charge in [0.1, 0.15) is 0 Å². The van der Waals surface area contributed by atoms with Gasteiger partial charge in [0.25, 0.3) is 0 Å². The molecule has 4 rings (SSSR count). The van der Waals surface area contributed by atoms with E-state index in [4.69, 9.17) is 0 Å². The number of aliphatic hydroxyl groups is 3. The van der Waals surface area contributed by atoms with Crippen molar-refractivity contribution >= 4 is 16.0 Å². The summed E-state index contributed by atoms with van der Waals surface area (Å²) >= 11 is 0. The molecule has 9 heteroatoms. The molecule has 0 aromatic heterocycles. The minimum atomic E-state index is -4.35. The van der Waals surface area contributed by atoms with Crippen LogP contribution in [0.2, 0.25) is 0 Å². The smallest absolute Gasteiger partial charge is 0.220 e. The molecule has 1 amide bonds. The molecule has 4 fully saturated rings. The maximum absolute atomic E-state index is 12.2. The zero-order valence-electron chi connectivity index (χ0n) is 21.4. The van der Waals surface area contributed by atoms with Crippen LogP contribution in [0.15, 0.2) is 0 Å². The summed E-state index contributed by atoms with van der Waals surface area (Å²) in [5.74, 6) is 0.522. The van der Waals surface area contributed by atoms with E-state index >= 15 is 0 Å². The van der Waals surface area contributed by atoms with E-state index in [-0.39, 0.29) is 65.4 Å². The summed E-state index contributed by atoms with van der Waals surface area (Å²) < 4.78 is 32.2. The van der Waals surface area contributed by atoms with Crippen LogP contribution in [0.3, 0.4) is 0 Å². The molecule has 4 aliphatic carbocycles. The fourth-order valence-corrected chi connectivity index (χ4v) is 9.45. The van der Waals surface area contributed by atoms with Crippen LogP contribution in [0.5, 0.6) is 0 Å². The Bertz CT molecular complexity index is 896. The molecule has 4 aliphatic rings. The van der Waals surface area contributed by atoms with Crippen molar-refractivity contribution in [2.75, 3.05) is 12.3 Å². The molecule has 202 valence electrons. The van der Waals surface area contributed by atoms with E-state index in [1.54, 1.807) is 0 Å². The lowest BCUT2D eigenvalue weighted by atomic mass is 9.43. The Hall–Kier alpha value is -0.740. The SMILES string of the molecule is C[C@H](CCC(=O)NCCS(=O)(=O)[O-])[C@H]1CC[C@H]2[C@@H]3[C@H](O)C[C@@H]4C[C@H](O)CC[C@]4(C)[C@H]3C[C@H](O)[C@]12C. The number of hydrogen-bond acceptors (Lipinski definition) is 7. The number of hydrogen-bond donors (Lipinski definition) is 4. The molecule has 0 aliphatic heterocycles. The van der Waals surface area contributed by atoms with Gasteiger partial charge in [-0.05, 0) is 97.7 Å². The standard InChI is InChI=1S/C26H45NO7S/c1-15(4-7-23(31)27-10-11-35(32,33)34)18-5-6-19-24-20(14-22(30)26(18,19)3)25(2)9-8-17(28)12-16(25)13-21(24)29/h15-22,24,28-30H,4-14H2,1-3H3,(H,27,31)(H,32,33,34)/p-1/t15-,16+,17-,18-,19+,20+,21-,22+,24+,25+,26-/m1/s1. The number of carbonyl (C=O) groups excluding carboxylic acids is 1. The summed E-state index contributed by atoms with van der Waals surface area (Å²) in [5, 5.41) is 35.7. The Balaban J connectivity index is 1.43. The zero-order valence-corrected chi connectivity index (χ0v) is 22.2. The fraction of sp³-hybridized carbons (Fsp3) is 0.962. The normalized spacial score (nSPS) is 46.3. The lowest BCUT2D eigenvalue weighted by Gasteiger charge is -2.63. The molecular weight excluding hydrogens is 470 g/mol. The van der Waals surface area contributed by atoms with Gasteiger partial charge in [-0.15, -0.1) is 0 Å². The molecule has 4 saturated carbocycles. The molecule has 11 atom stereocenters. The fourth-order valence-electron chi connectivity index (χ4n) is 9.10. The van der Waals surface area contributed by atoms with Gasteiger partial charge in [-0.25, -0.2) is 8.42 Å². The highest BCUT2D eigenvalue weighted by molar-refractivity contribution is 7.85. The second-order valence-corrected chi connectivity index (χ2v) is 14.2. The molecule has 0 aromatic carbocycles. The van der Waals surface area contributed by atoms with Crippen molar-refractivity contribution in [2.24, 2.45) is 46.3 Å². The Morgan fingerprint density at radius 3 is 2.49 bits per heavy atom. The van der Waals surface area contributed by atoms with Gasteiger partial charge in [0.2, 0.25) is 5.91 Å². The largest absolute Gasteiger partial charge is 0.748 e. The van der Waals surface area contributed by atoms with E-state index in [0.29, 0.717) is 18.8 Å². The Labute approximate surface area is 210 Å². The van der Waals surface area contributed by atoms with Gasteiger partial charge in [-0.2, -0.15) is 0 Å². The van der Waals surface area contributed by atoms with Crippen molar-refractivity contribution in [3.8, 4) is 0 Å². The molecule has 0 heterocycles. The third-order valence-electron chi connectivity index (χ3n) is 11.0. The Morgan fingerprint density at radius 1 is 1.09 bits per heavy atom. The van der Waals surface area contributed by atoms with Crippen molar-refractivity contribution in [3.05, 3.63) is 0 Å². The van der Waals surface area contributed by atoms with E-state index in [0.717, 1.165) is 38.5 Å². The number of rotatable bonds is 7. The predicted octanol–water partition coefficient (Wildman–Crippen LogP) is 2.03. The maximum Gasteiger partial charge on any atom is 0.220 e. The van der Waals surface area contributed by atoms with Gasteiger partial charge in [-0.1, -0.05) is 20.8 Å². The second-order valence-electron chi connectivity index (χ2n) is 12.7. The highest BCUT2D eigenvalue weighted by Gasteiger charge is 2.65. The molecule has 4 N–H and O–H groups in total. The first-order valence-electron chi connectivity index (χ1n) is 13.5. The summed E-state index contributed by atoms with van der Waals surface area (Å²) in [7, 11) is -4.35. The van der Waals surface area contributed by atoms with Crippen molar-refractivity contribution in [1.29, 1.82) is 0 Å². The summed E-state index contributed by atoms with van der Waals surface area (Å²) in [6, 6.07) is 0. The first-order valence-corrected chi connectivity index (χ1v) is 15.1. The molecule has 0 unspecified atom stereocenters. The monoisotopic (exact) mass is 514 g/mol.